The van der Waals surface area contributed by atoms with Gasteiger partial charge in [-0.3, -0.25) is 0 Å². The van der Waals surface area contributed by atoms with E-state index in [2.05, 4.69) is 22.2 Å². The van der Waals surface area contributed by atoms with Crippen LogP contribution in [0.4, 0.5) is 9.59 Å². The molecule has 1 amide bonds. The van der Waals surface area contributed by atoms with E-state index in [0.29, 0.717) is 114 Å². The number of sulfonamides is 2. The van der Waals surface area contributed by atoms with Crippen LogP contribution in [0.15, 0.2) is 107 Å². The largest absolute Gasteiger partial charge is 0.506 e. The summed E-state index contributed by atoms with van der Waals surface area (Å²) < 4.78 is 113. The number of nitrogens with one attached hydrogen (secondary N) is 1. The van der Waals surface area contributed by atoms with Crippen LogP contribution in [0.25, 0.3) is 0 Å². The first-order valence-electron chi connectivity index (χ1n) is 31.5. The number of hydrogen-bond acceptors (Lipinski definition) is 21. The molecule has 94 heavy (non-hydrogen) atoms. The third-order valence-corrected chi connectivity index (χ3v) is 20.5. The molecule has 4 aromatic rings. The number of carbonyl (C=O) groups excluding carboxylic acids is 1. The van der Waals surface area contributed by atoms with Crippen LogP contribution < -0.4 is 30.0 Å². The molecular weight excluding hydrogens is 1480 g/mol. The summed E-state index contributed by atoms with van der Waals surface area (Å²) in [6.07, 6.45) is -0.313. The molecule has 25 nitrogen and oxygen atoms in total. The Morgan fingerprint density at radius 2 is 1.04 bits per heavy atom. The van der Waals surface area contributed by atoms with Crippen molar-refractivity contribution in [3.8, 4) is 35.1 Å². The van der Waals surface area contributed by atoms with Crippen LogP contribution in [0, 0.1) is 75.3 Å². The zero-order valence-corrected chi connectivity index (χ0v) is 58.9. The maximum atomic E-state index is 14.2. The van der Waals surface area contributed by atoms with E-state index in [0.717, 1.165) is 24.0 Å². The molecule has 8 unspecified atom stereocenters. The number of unbranched alkanes of at least 4 members (excludes halogenated alkanes) is 2. The van der Waals surface area contributed by atoms with Gasteiger partial charge in [-0.05, 0) is 97.6 Å². The SMILES string of the molecule is CC(C)(CCCC#N)CN(CC(O)[C@@H](N)Cc1ccccc1)S(=O)(=O)c1ccc2c(c1)OCCO2.CC(C)(CCCC#N)CN(CC(O)[C@H](Cc1ccccc1)NC(=O)OC1COC2OCCC12)S(=O)(=O)c1ccc2c(c1)OCCO2.O=C(O)OC1COC2OCCC12.[Np]. The minimum absolute atomic E-state index is 0. The normalized spacial score (nSPS) is 21.6. The van der Waals surface area contributed by atoms with Crippen LogP contribution >= 0.6 is 0 Å². The van der Waals surface area contributed by atoms with Gasteiger partial charge in [-0.15, -0.1) is 0 Å². The maximum absolute atomic E-state index is 14.2. The van der Waals surface area contributed by atoms with E-state index < -0.39 is 73.5 Å². The van der Waals surface area contributed by atoms with E-state index in [1.165, 1.54) is 32.9 Å². The number of amides is 1. The zero-order chi connectivity index (χ0) is 66.8. The summed E-state index contributed by atoms with van der Waals surface area (Å²) in [6, 6.07) is 30.7. The van der Waals surface area contributed by atoms with Gasteiger partial charge < -0.3 is 73.7 Å². The van der Waals surface area contributed by atoms with Crippen molar-refractivity contribution < 1.29 is 119 Å². The van der Waals surface area contributed by atoms with Crippen LogP contribution in [0.5, 0.6) is 23.0 Å². The van der Waals surface area contributed by atoms with Crippen LogP contribution in [0.3, 0.4) is 0 Å². The Kier molecular flexibility index (Phi) is 28.5. The summed E-state index contributed by atoms with van der Waals surface area (Å²) in [5, 5.41) is 51.8. The molecular formula is C66H88N6NpO19S2. The van der Waals surface area contributed by atoms with Gasteiger partial charge in [0.05, 0.1) is 78.4 Å². The molecule has 0 saturated carbocycles. The molecule has 1 radical (unpaired) electrons. The fraction of sp³-hybridized carbons (Fsp3) is 0.576. The third-order valence-electron chi connectivity index (χ3n) is 16.9. The Balaban J connectivity index is 0.000000228. The number of nitriles is 2. The van der Waals surface area contributed by atoms with Crippen molar-refractivity contribution >= 4 is 32.3 Å². The van der Waals surface area contributed by atoms with E-state index in [1.807, 2.05) is 88.4 Å². The van der Waals surface area contributed by atoms with Crippen LogP contribution in [-0.4, -0.2) is 181 Å². The number of ether oxygens (including phenoxy) is 10. The topological polar surface area (TPSA) is 348 Å². The fourth-order valence-electron chi connectivity index (χ4n) is 12.0. The van der Waals surface area contributed by atoms with Crippen molar-refractivity contribution in [2.75, 3.05) is 79.0 Å². The van der Waals surface area contributed by atoms with Gasteiger partial charge in [0.15, 0.2) is 35.6 Å². The molecule has 0 aliphatic carbocycles. The molecule has 0 aromatic heterocycles. The smallest absolute Gasteiger partial charge is 0.486 e. The van der Waals surface area contributed by atoms with Crippen LogP contribution in [0.2, 0.25) is 0 Å². The molecule has 0 bridgehead atoms. The fourth-order valence-corrected chi connectivity index (χ4v) is 15.3. The molecule has 6 N–H and O–H groups in total. The number of carboxylic acid groups (broad SMARTS) is 1. The van der Waals surface area contributed by atoms with Crippen molar-refractivity contribution in [1.82, 2.24) is 13.9 Å². The van der Waals surface area contributed by atoms with Gasteiger partial charge in [0.2, 0.25) is 20.0 Å². The van der Waals surface area contributed by atoms with Crippen molar-refractivity contribution in [1.29, 1.82) is 10.5 Å². The van der Waals surface area contributed by atoms with E-state index >= 15 is 0 Å². The van der Waals surface area contributed by atoms with Gasteiger partial charge in [0.1, 0.15) is 38.6 Å². The predicted molar refractivity (Wildman–Crippen MR) is 337 cm³/mol. The number of nitrogens with two attached hydrogens (primary N) is 1. The Labute approximate surface area is 573 Å². The molecule has 4 saturated heterocycles. The molecule has 10 rings (SSSR count). The van der Waals surface area contributed by atoms with Crippen molar-refractivity contribution in [2.45, 2.75) is 151 Å². The number of aliphatic hydroxyl groups is 2. The molecule has 4 fully saturated rings. The molecule has 0 spiro atoms. The number of alkyl carbamates (subject to hydrolysis) is 1. The first-order valence-corrected chi connectivity index (χ1v) is 34.4. The first-order chi connectivity index (χ1) is 44.4. The van der Waals surface area contributed by atoms with E-state index in [9.17, 15) is 36.6 Å². The number of nitrogens with zero attached hydrogens (tertiary/aromatic N) is 4. The van der Waals surface area contributed by atoms with E-state index in [-0.39, 0.29) is 109 Å². The Hall–Kier alpha value is -5.85. The van der Waals surface area contributed by atoms with Crippen molar-refractivity contribution in [2.24, 2.45) is 28.4 Å². The molecule has 6 heterocycles. The second-order valence-corrected chi connectivity index (χ2v) is 29.3. The number of aliphatic hydroxyl groups excluding tert-OH is 2. The molecule has 10 atom stereocenters. The Morgan fingerprint density at radius 1 is 0.617 bits per heavy atom. The second-order valence-electron chi connectivity index (χ2n) is 25.4. The molecule has 4 aromatic carbocycles. The summed E-state index contributed by atoms with van der Waals surface area (Å²) in [5.41, 5.74) is 7.16. The summed E-state index contributed by atoms with van der Waals surface area (Å²) >= 11 is 0. The van der Waals surface area contributed by atoms with Gasteiger partial charge in [-0.1, -0.05) is 88.4 Å². The maximum Gasteiger partial charge on any atom is 0.506 e. The summed E-state index contributed by atoms with van der Waals surface area (Å²) in [5.74, 6) is 1.72. The van der Waals surface area contributed by atoms with Crippen molar-refractivity contribution in [3.05, 3.63) is 108 Å². The molecule has 6 aliphatic rings. The number of carbonyl (C=O) groups is 2. The molecule has 28 heteroatoms. The zero-order valence-electron chi connectivity index (χ0n) is 53.6. The van der Waals surface area contributed by atoms with Gasteiger partial charge in [0, 0.05) is 87.1 Å². The minimum atomic E-state index is -4.16. The average Bonchev–Trinajstić information content (AvgIpc) is 1.19. The van der Waals surface area contributed by atoms with E-state index in [4.69, 9.17) is 64.0 Å². The standard InChI is InChI=1S/C33H43N3O9S.C26H35N3O5S.C7H10O5.Np/c1-33(2,13-6-7-14-34)22-36(46(39,40)24-10-11-28-29(19-24)42-17-16-41-28)20-27(37)26(18-23-8-4-3-5-9-23)35-32(38)45-30-21-44-31-25(30)12-15-43-31;1-26(2,12-6-7-13-27)19-29(18-23(30)22(28)16-20-8-4-3-5-9-20)35(31,32)21-10-11-24-25(17-21)34-15-14-33-24;8-7(9)12-5-3-11-6-4(5)1-2-10-6;/h3-5,8-11,19,25-27,30-31,37H,6-7,12-13,15-18,20-22H2,1-2H3,(H,35,38);3-5,8-11,17,22-23,30H,6-7,12,14-16,18-19,28H2,1-2H3;4-6H,1-3H2,(H,8,9);/t25?,26-,27?,30?,31?;22-,23?;;/m00../s1. The van der Waals surface area contributed by atoms with Crippen LogP contribution in [-0.2, 0) is 61.3 Å². The van der Waals surface area contributed by atoms with Gasteiger partial charge in [0.25, 0.3) is 0 Å². The summed E-state index contributed by atoms with van der Waals surface area (Å²) in [4.78, 5) is 23.5. The number of fused-ring (bicyclic) bond motifs is 4. The monoisotopic (exact) mass is 1570 g/mol. The number of benzene rings is 4. The Bertz CT molecular complexity index is 3400. The number of hydrogen-bond donors (Lipinski definition) is 5. The third kappa shape index (κ3) is 21.6. The average molecular weight is 1570 g/mol. The van der Waals surface area contributed by atoms with Crippen LogP contribution in [0.1, 0.15) is 90.2 Å². The summed E-state index contributed by atoms with van der Waals surface area (Å²) in [7, 11) is -8.14. The Morgan fingerprint density at radius 3 is 1.49 bits per heavy atom. The molecule has 513 valence electrons. The first kappa shape index (κ1) is 75.5. The van der Waals surface area contributed by atoms with E-state index in [1.54, 1.807) is 12.1 Å². The van der Waals surface area contributed by atoms with Gasteiger partial charge in [-0.25, -0.2) is 26.4 Å². The minimum Gasteiger partial charge on any atom is -0.486 e. The second kappa shape index (κ2) is 35.4. The summed E-state index contributed by atoms with van der Waals surface area (Å²) in [6.45, 7) is 10.7. The van der Waals surface area contributed by atoms with Gasteiger partial charge >= 0.3 is 12.2 Å². The number of rotatable bonds is 27. The van der Waals surface area contributed by atoms with Crippen molar-refractivity contribution in [3.63, 3.8) is 0 Å². The van der Waals surface area contributed by atoms with Gasteiger partial charge in [-0.2, -0.15) is 19.1 Å². The predicted octanol–water partition coefficient (Wildman–Crippen LogP) is 7.17. The quantitative estimate of drug-likeness (QED) is 0.0292. The molecule has 6 aliphatic heterocycles.